The van der Waals surface area contributed by atoms with Crippen molar-refractivity contribution in [3.8, 4) is 11.4 Å². The number of aromatic amines is 1. The number of hydrogen-bond donors (Lipinski definition) is 2. The van der Waals surface area contributed by atoms with Crippen LogP contribution >= 0.6 is 0 Å². The van der Waals surface area contributed by atoms with Crippen molar-refractivity contribution in [3.63, 3.8) is 0 Å². The van der Waals surface area contributed by atoms with Gasteiger partial charge in [-0.15, -0.1) is 0 Å². The van der Waals surface area contributed by atoms with Gasteiger partial charge in [-0.2, -0.15) is 0 Å². The fourth-order valence-corrected chi connectivity index (χ4v) is 1.95. The molecule has 4 nitrogen and oxygen atoms in total. The van der Waals surface area contributed by atoms with Crippen LogP contribution in [0.2, 0.25) is 0 Å². The van der Waals surface area contributed by atoms with Crippen LogP contribution in [0.3, 0.4) is 0 Å². The third kappa shape index (κ3) is 1.54. The van der Waals surface area contributed by atoms with E-state index in [9.17, 15) is 0 Å². The molecule has 0 saturated carbocycles. The van der Waals surface area contributed by atoms with Gasteiger partial charge in [-0.05, 0) is 25.1 Å². The fourth-order valence-electron chi connectivity index (χ4n) is 1.95. The van der Waals surface area contributed by atoms with Crippen molar-refractivity contribution in [2.24, 2.45) is 0 Å². The lowest BCUT2D eigenvalue weighted by atomic mass is 10.1. The first-order chi connectivity index (χ1) is 8.25. The Morgan fingerprint density at radius 1 is 1.18 bits per heavy atom. The Hall–Kier alpha value is -2.36. The Labute approximate surface area is 98.5 Å². The minimum absolute atomic E-state index is 0.694. The molecule has 2 heterocycles. The lowest BCUT2D eigenvalue weighted by Crippen LogP contribution is -1.93. The number of aryl methyl sites for hydroxylation is 1. The molecular formula is C13H12N4. The summed E-state index contributed by atoms with van der Waals surface area (Å²) in [6.07, 6.45) is 3.54. The average molecular weight is 224 g/mol. The normalized spacial score (nSPS) is 10.9. The molecule has 0 amide bonds. The number of aromatic nitrogens is 3. The number of anilines is 1. The summed E-state index contributed by atoms with van der Waals surface area (Å²) in [4.78, 5) is 11.8. The molecule has 0 unspecified atom stereocenters. The molecule has 0 aliphatic carbocycles. The van der Waals surface area contributed by atoms with E-state index in [-0.39, 0.29) is 0 Å². The molecule has 2 aromatic heterocycles. The average Bonchev–Trinajstić information content (AvgIpc) is 2.84. The molecule has 3 N–H and O–H groups in total. The van der Waals surface area contributed by atoms with Crippen LogP contribution in [0.5, 0.6) is 0 Å². The maximum absolute atomic E-state index is 5.95. The molecule has 0 aliphatic rings. The summed E-state index contributed by atoms with van der Waals surface area (Å²) in [7, 11) is 0. The van der Waals surface area contributed by atoms with Crippen LogP contribution < -0.4 is 5.73 Å². The number of pyridine rings is 1. The van der Waals surface area contributed by atoms with Gasteiger partial charge in [-0.1, -0.05) is 6.07 Å². The summed E-state index contributed by atoms with van der Waals surface area (Å²) in [6, 6.07) is 7.85. The summed E-state index contributed by atoms with van der Waals surface area (Å²) in [6.45, 7) is 1.96. The van der Waals surface area contributed by atoms with Gasteiger partial charge < -0.3 is 10.7 Å². The first-order valence-corrected chi connectivity index (χ1v) is 5.41. The predicted octanol–water partition coefficient (Wildman–Crippen LogP) is 2.52. The second-order valence-electron chi connectivity index (χ2n) is 3.99. The van der Waals surface area contributed by atoms with Crippen molar-refractivity contribution < 1.29 is 0 Å². The van der Waals surface area contributed by atoms with Crippen LogP contribution in [-0.2, 0) is 0 Å². The van der Waals surface area contributed by atoms with Gasteiger partial charge in [0.2, 0.25) is 0 Å². The third-order valence-corrected chi connectivity index (χ3v) is 2.78. The SMILES string of the molecule is Cc1ccc2c(-c3ncc[nH]3)ccc(N)c2n1. The van der Waals surface area contributed by atoms with Crippen LogP contribution in [0, 0.1) is 6.92 Å². The topological polar surface area (TPSA) is 67.6 Å². The summed E-state index contributed by atoms with van der Waals surface area (Å²) in [5.41, 5.74) is 9.46. The molecule has 4 heteroatoms. The summed E-state index contributed by atoms with van der Waals surface area (Å²) in [5.74, 6) is 0.834. The number of nitrogens with zero attached hydrogens (tertiary/aromatic N) is 2. The standard InChI is InChI=1S/C13H12N4/c1-8-2-3-9-10(13-15-6-7-16-13)4-5-11(14)12(9)17-8/h2-7H,14H2,1H3,(H,15,16). The minimum Gasteiger partial charge on any atom is -0.397 e. The molecule has 84 valence electrons. The summed E-state index contributed by atoms with van der Waals surface area (Å²) in [5, 5.41) is 1.02. The van der Waals surface area contributed by atoms with E-state index in [1.807, 2.05) is 31.2 Å². The predicted molar refractivity (Wildman–Crippen MR) is 68.5 cm³/mol. The number of H-pyrrole nitrogens is 1. The lowest BCUT2D eigenvalue weighted by Gasteiger charge is -2.07. The van der Waals surface area contributed by atoms with Gasteiger partial charge in [0, 0.05) is 29.0 Å². The highest BCUT2D eigenvalue weighted by Crippen LogP contribution is 2.29. The molecule has 1 aromatic carbocycles. The van der Waals surface area contributed by atoms with Crippen molar-refractivity contribution in [1.29, 1.82) is 0 Å². The molecular weight excluding hydrogens is 212 g/mol. The second-order valence-corrected chi connectivity index (χ2v) is 3.99. The first kappa shape index (κ1) is 9.84. The van der Waals surface area contributed by atoms with Crippen LogP contribution in [0.25, 0.3) is 22.3 Å². The number of benzene rings is 1. The maximum Gasteiger partial charge on any atom is 0.137 e. The Kier molecular flexibility index (Phi) is 2.08. The number of rotatable bonds is 1. The van der Waals surface area contributed by atoms with Crippen molar-refractivity contribution in [2.45, 2.75) is 6.92 Å². The highest BCUT2D eigenvalue weighted by atomic mass is 14.9. The molecule has 0 bridgehead atoms. The van der Waals surface area contributed by atoms with Crippen LogP contribution in [-0.4, -0.2) is 15.0 Å². The maximum atomic E-state index is 5.95. The highest BCUT2D eigenvalue weighted by Gasteiger charge is 2.08. The van der Waals surface area contributed by atoms with Gasteiger partial charge in [0.25, 0.3) is 0 Å². The number of imidazole rings is 1. The van der Waals surface area contributed by atoms with Gasteiger partial charge in [0.05, 0.1) is 11.2 Å². The van der Waals surface area contributed by atoms with Crippen LogP contribution in [0.1, 0.15) is 5.69 Å². The minimum atomic E-state index is 0.694. The zero-order chi connectivity index (χ0) is 11.8. The number of nitrogens with two attached hydrogens (primary N) is 1. The molecule has 17 heavy (non-hydrogen) atoms. The zero-order valence-corrected chi connectivity index (χ0v) is 9.44. The van der Waals surface area contributed by atoms with Gasteiger partial charge in [-0.3, -0.25) is 4.98 Å². The van der Waals surface area contributed by atoms with E-state index in [0.29, 0.717) is 5.69 Å². The zero-order valence-electron chi connectivity index (χ0n) is 9.44. The highest BCUT2D eigenvalue weighted by molar-refractivity contribution is 5.99. The monoisotopic (exact) mass is 224 g/mol. The Morgan fingerprint density at radius 3 is 2.82 bits per heavy atom. The summed E-state index contributed by atoms with van der Waals surface area (Å²) >= 11 is 0. The number of fused-ring (bicyclic) bond motifs is 1. The van der Waals surface area contributed by atoms with E-state index in [1.165, 1.54) is 0 Å². The van der Waals surface area contributed by atoms with Crippen molar-refractivity contribution in [1.82, 2.24) is 15.0 Å². The molecule has 0 spiro atoms. The van der Waals surface area contributed by atoms with E-state index in [1.54, 1.807) is 12.4 Å². The number of hydrogen-bond acceptors (Lipinski definition) is 3. The number of nitrogens with one attached hydrogen (secondary N) is 1. The van der Waals surface area contributed by atoms with Crippen LogP contribution in [0.4, 0.5) is 5.69 Å². The molecule has 0 aliphatic heterocycles. The molecule has 0 radical (unpaired) electrons. The van der Waals surface area contributed by atoms with Crippen molar-refractivity contribution in [3.05, 3.63) is 42.4 Å². The van der Waals surface area contributed by atoms with Gasteiger partial charge in [0.15, 0.2) is 0 Å². The third-order valence-electron chi connectivity index (χ3n) is 2.78. The van der Waals surface area contributed by atoms with E-state index < -0.39 is 0 Å². The molecule has 0 atom stereocenters. The lowest BCUT2D eigenvalue weighted by molar-refractivity contribution is 1.25. The Balaban J connectivity index is 2.38. The first-order valence-electron chi connectivity index (χ1n) is 5.41. The number of nitrogen functional groups attached to an aromatic ring is 1. The quantitative estimate of drug-likeness (QED) is 0.624. The van der Waals surface area contributed by atoms with Gasteiger partial charge in [0.1, 0.15) is 5.82 Å². The molecule has 0 saturated heterocycles. The van der Waals surface area contributed by atoms with E-state index in [0.717, 1.165) is 28.0 Å². The Bertz CT molecular complexity index is 671. The Morgan fingerprint density at radius 2 is 2.06 bits per heavy atom. The molecule has 3 aromatic rings. The van der Waals surface area contributed by atoms with Crippen LogP contribution in [0.15, 0.2) is 36.7 Å². The van der Waals surface area contributed by atoms with Gasteiger partial charge in [-0.25, -0.2) is 4.98 Å². The largest absolute Gasteiger partial charge is 0.397 e. The fraction of sp³-hybridized carbons (Fsp3) is 0.0769. The van der Waals surface area contributed by atoms with Crippen molar-refractivity contribution >= 4 is 16.6 Å². The van der Waals surface area contributed by atoms with Crippen molar-refractivity contribution in [2.75, 3.05) is 5.73 Å². The molecule has 0 fully saturated rings. The van der Waals surface area contributed by atoms with E-state index in [2.05, 4.69) is 15.0 Å². The smallest absolute Gasteiger partial charge is 0.137 e. The second kappa shape index (κ2) is 3.59. The molecule has 3 rings (SSSR count). The summed E-state index contributed by atoms with van der Waals surface area (Å²) < 4.78 is 0. The van der Waals surface area contributed by atoms with E-state index in [4.69, 9.17) is 5.73 Å². The van der Waals surface area contributed by atoms with E-state index >= 15 is 0 Å². The van der Waals surface area contributed by atoms with Gasteiger partial charge >= 0.3 is 0 Å².